The summed E-state index contributed by atoms with van der Waals surface area (Å²) in [5.41, 5.74) is 1.46. The van der Waals surface area contributed by atoms with Crippen molar-refractivity contribution in [1.29, 1.82) is 0 Å². The normalized spacial score (nSPS) is 27.4. The van der Waals surface area contributed by atoms with Crippen LogP contribution in [0.5, 0.6) is 5.75 Å². The third-order valence-corrected chi connectivity index (χ3v) is 6.35. The summed E-state index contributed by atoms with van der Waals surface area (Å²) in [5, 5.41) is 42.4. The maximum atomic E-state index is 13.2. The number of methoxy groups -OCH3 is 1. The predicted molar refractivity (Wildman–Crippen MR) is 102 cm³/mol. The maximum Gasteiger partial charge on any atom is 0.338 e. The molecule has 3 atom stereocenters. The van der Waals surface area contributed by atoms with Gasteiger partial charge in [0.05, 0.1) is 18.2 Å². The number of phenolic OH excluding ortho intramolecular Hbond substituents is 1. The van der Waals surface area contributed by atoms with Crippen molar-refractivity contribution in [2.24, 2.45) is 17.6 Å². The number of hydrogen-bond acceptors (Lipinski definition) is 9. The first kappa shape index (κ1) is 20.6. The van der Waals surface area contributed by atoms with Gasteiger partial charge in [0.15, 0.2) is 11.4 Å². The fourth-order valence-electron chi connectivity index (χ4n) is 4.92. The lowest BCUT2D eigenvalue weighted by Crippen LogP contribution is -2.57. The molecule has 0 radical (unpaired) electrons. The van der Waals surface area contributed by atoms with Crippen molar-refractivity contribution in [2.45, 2.75) is 24.9 Å². The quantitative estimate of drug-likeness (QED) is 0.327. The van der Waals surface area contributed by atoms with Gasteiger partial charge < -0.3 is 30.9 Å². The minimum absolute atomic E-state index is 0.0147. The lowest BCUT2D eigenvalue weighted by molar-refractivity contribution is -0.144. The highest BCUT2D eigenvalue weighted by Gasteiger charge is 2.59. The highest BCUT2D eigenvalue weighted by molar-refractivity contribution is 6.24. The number of amides is 1. The Hall–Kier alpha value is -3.66. The van der Waals surface area contributed by atoms with E-state index in [0.717, 1.165) is 6.07 Å². The molecule has 1 aromatic rings. The molecule has 0 fully saturated rings. The SMILES string of the molecule is COC(=O)c1ccc(O)c2c1C[C@H]1C[C@H]3CC(O)=C(C(N)=O)C(=O)[C@@]3(O)C(O)=C1C2=O. The van der Waals surface area contributed by atoms with Crippen LogP contribution in [0, 0.1) is 11.8 Å². The smallest absolute Gasteiger partial charge is 0.338 e. The average molecular weight is 429 g/mol. The number of aromatic hydroxyl groups is 1. The summed E-state index contributed by atoms with van der Waals surface area (Å²) in [6.45, 7) is 0. The molecule has 10 heteroatoms. The number of rotatable bonds is 2. The fourth-order valence-corrected chi connectivity index (χ4v) is 4.92. The van der Waals surface area contributed by atoms with Gasteiger partial charge in [-0.2, -0.15) is 0 Å². The number of allylic oxidation sites excluding steroid dienone is 2. The van der Waals surface area contributed by atoms with Crippen LogP contribution < -0.4 is 5.73 Å². The highest BCUT2D eigenvalue weighted by Crippen LogP contribution is 2.51. The molecule has 31 heavy (non-hydrogen) atoms. The number of carbonyl (C=O) groups is 4. The van der Waals surface area contributed by atoms with E-state index in [1.54, 1.807) is 0 Å². The Morgan fingerprint density at radius 3 is 2.45 bits per heavy atom. The van der Waals surface area contributed by atoms with Crippen LogP contribution in [0.3, 0.4) is 0 Å². The Morgan fingerprint density at radius 1 is 1.16 bits per heavy atom. The number of phenols is 1. The number of ether oxygens (including phenoxy) is 1. The van der Waals surface area contributed by atoms with Gasteiger partial charge in [0.25, 0.3) is 5.91 Å². The Bertz CT molecular complexity index is 1150. The molecule has 0 saturated carbocycles. The number of carbonyl (C=O) groups excluding carboxylic acids is 4. The summed E-state index contributed by atoms with van der Waals surface area (Å²) in [6.07, 6.45) is -0.300. The number of esters is 1. The number of nitrogens with two attached hydrogens (primary N) is 1. The zero-order valence-electron chi connectivity index (χ0n) is 16.3. The third kappa shape index (κ3) is 2.61. The Labute approximate surface area is 175 Å². The van der Waals surface area contributed by atoms with Gasteiger partial charge in [-0.25, -0.2) is 4.79 Å². The van der Waals surface area contributed by atoms with Gasteiger partial charge in [0.2, 0.25) is 5.78 Å². The van der Waals surface area contributed by atoms with Gasteiger partial charge in [-0.15, -0.1) is 0 Å². The first-order valence-electron chi connectivity index (χ1n) is 9.44. The molecular formula is C21H19NO9. The molecule has 4 rings (SSSR count). The number of aliphatic hydroxyl groups excluding tert-OH is 2. The summed E-state index contributed by atoms with van der Waals surface area (Å²) in [7, 11) is 1.17. The predicted octanol–water partition coefficient (Wildman–Crippen LogP) is 0.367. The van der Waals surface area contributed by atoms with E-state index in [1.165, 1.54) is 13.2 Å². The number of Topliss-reactive ketones (excluding diaryl/α,β-unsaturated/α-hetero) is 2. The van der Waals surface area contributed by atoms with Crippen molar-refractivity contribution >= 4 is 23.4 Å². The summed E-state index contributed by atoms with van der Waals surface area (Å²) >= 11 is 0. The van der Waals surface area contributed by atoms with Crippen molar-refractivity contribution in [1.82, 2.24) is 0 Å². The number of ketones is 2. The zero-order chi connectivity index (χ0) is 22.8. The van der Waals surface area contributed by atoms with E-state index in [2.05, 4.69) is 0 Å². The van der Waals surface area contributed by atoms with Gasteiger partial charge in [-0.3, -0.25) is 14.4 Å². The van der Waals surface area contributed by atoms with Crippen LogP contribution in [0.1, 0.15) is 39.1 Å². The lowest BCUT2D eigenvalue weighted by atomic mass is 9.60. The van der Waals surface area contributed by atoms with Gasteiger partial charge in [0, 0.05) is 17.9 Å². The third-order valence-electron chi connectivity index (χ3n) is 6.35. The van der Waals surface area contributed by atoms with Crippen LogP contribution in [0.2, 0.25) is 0 Å². The van der Waals surface area contributed by atoms with Gasteiger partial charge in [-0.1, -0.05) is 0 Å². The fraction of sp³-hybridized carbons (Fsp3) is 0.333. The molecule has 1 amide bonds. The number of hydrogen-bond donors (Lipinski definition) is 5. The van der Waals surface area contributed by atoms with Crippen LogP contribution >= 0.6 is 0 Å². The second kappa shape index (κ2) is 6.67. The lowest BCUT2D eigenvalue weighted by Gasteiger charge is -2.45. The van der Waals surface area contributed by atoms with Crippen LogP contribution in [-0.2, 0) is 20.7 Å². The van der Waals surface area contributed by atoms with Crippen LogP contribution in [0.15, 0.2) is 34.8 Å². The molecule has 10 nitrogen and oxygen atoms in total. The summed E-state index contributed by atoms with van der Waals surface area (Å²) in [6, 6.07) is 2.46. The Morgan fingerprint density at radius 2 is 1.84 bits per heavy atom. The highest BCUT2D eigenvalue weighted by atomic mass is 16.5. The topological polar surface area (TPSA) is 184 Å². The minimum atomic E-state index is -2.62. The number of fused-ring (bicyclic) bond motifs is 3. The van der Waals surface area contributed by atoms with E-state index in [9.17, 15) is 39.6 Å². The van der Waals surface area contributed by atoms with Crippen molar-refractivity contribution in [3.05, 3.63) is 51.5 Å². The first-order valence-corrected chi connectivity index (χ1v) is 9.44. The van der Waals surface area contributed by atoms with Crippen molar-refractivity contribution < 1.29 is 44.3 Å². The van der Waals surface area contributed by atoms with E-state index < -0.39 is 63.7 Å². The Kier molecular flexibility index (Phi) is 4.44. The van der Waals surface area contributed by atoms with E-state index >= 15 is 0 Å². The molecule has 0 aromatic heterocycles. The van der Waals surface area contributed by atoms with Crippen molar-refractivity contribution in [2.75, 3.05) is 7.11 Å². The molecule has 3 aliphatic rings. The largest absolute Gasteiger partial charge is 0.511 e. The molecule has 6 N–H and O–H groups in total. The number of primary amides is 1. The number of benzene rings is 1. The summed E-state index contributed by atoms with van der Waals surface area (Å²) in [5.74, 6) is -7.86. The average Bonchev–Trinajstić information content (AvgIpc) is 2.70. The van der Waals surface area contributed by atoms with Gasteiger partial charge in [-0.05, 0) is 36.5 Å². The van der Waals surface area contributed by atoms with Crippen molar-refractivity contribution in [3.63, 3.8) is 0 Å². The molecule has 162 valence electrons. The monoisotopic (exact) mass is 429 g/mol. The number of aliphatic hydroxyl groups is 3. The van der Waals surface area contributed by atoms with E-state index in [0.29, 0.717) is 0 Å². The Balaban J connectivity index is 1.92. The first-order chi connectivity index (χ1) is 14.5. The molecule has 0 bridgehead atoms. The maximum absolute atomic E-state index is 13.2. The van der Waals surface area contributed by atoms with E-state index in [-0.39, 0.29) is 41.5 Å². The second-order valence-electron chi connectivity index (χ2n) is 7.89. The minimum Gasteiger partial charge on any atom is -0.511 e. The van der Waals surface area contributed by atoms with Crippen LogP contribution in [0.4, 0.5) is 0 Å². The molecular weight excluding hydrogens is 410 g/mol. The van der Waals surface area contributed by atoms with Crippen LogP contribution in [-0.4, -0.2) is 56.6 Å². The molecule has 0 heterocycles. The second-order valence-corrected chi connectivity index (χ2v) is 7.89. The molecule has 1 aromatic carbocycles. The van der Waals surface area contributed by atoms with Gasteiger partial charge >= 0.3 is 5.97 Å². The summed E-state index contributed by atoms with van der Waals surface area (Å²) in [4.78, 5) is 49.8. The molecule has 0 saturated heterocycles. The molecule has 0 aliphatic heterocycles. The van der Waals surface area contributed by atoms with Crippen LogP contribution in [0.25, 0.3) is 0 Å². The van der Waals surface area contributed by atoms with E-state index in [1.807, 2.05) is 0 Å². The van der Waals surface area contributed by atoms with Crippen molar-refractivity contribution in [3.8, 4) is 5.75 Å². The molecule has 0 spiro atoms. The molecule has 0 unspecified atom stereocenters. The standard InChI is InChI=1S/C21H19NO9/c1-31-20(29)9-2-3-11(23)14-10(9)5-7-4-8-6-12(24)15(19(22)28)18(27)21(8,30)17(26)13(7)16(14)25/h2-3,7-8,23-24,26,30H,4-6H2,1H3,(H2,22,28)/t7-,8+,21+/m1/s1. The summed E-state index contributed by atoms with van der Waals surface area (Å²) < 4.78 is 4.74. The molecule has 3 aliphatic carbocycles. The van der Waals surface area contributed by atoms with E-state index in [4.69, 9.17) is 10.5 Å². The zero-order valence-corrected chi connectivity index (χ0v) is 16.3. The van der Waals surface area contributed by atoms with Gasteiger partial charge in [0.1, 0.15) is 22.8 Å².